The molecule has 9 nitrogen and oxygen atoms in total. The molecule has 4 aromatic rings. The number of amides is 1. The molecule has 0 saturated heterocycles. The van der Waals surface area contributed by atoms with Gasteiger partial charge in [0.15, 0.2) is 4.80 Å². The molecule has 3 aromatic carbocycles. The van der Waals surface area contributed by atoms with Gasteiger partial charge in [0.05, 0.1) is 26.8 Å². The Morgan fingerprint density at radius 1 is 1.13 bits per heavy atom. The SMILES string of the molecule is CC1=C(C(=O)Nc2ccccc2)C(c2ccc(F)cc2)n2c(s/c(=C/c3cccc([N+](=O)[O-])c3O)c2=O)=N1. The van der Waals surface area contributed by atoms with Crippen LogP contribution in [0.4, 0.5) is 15.8 Å². The average Bonchev–Trinajstić information content (AvgIpc) is 3.19. The number of benzene rings is 3. The number of nitrogens with zero attached hydrogens (tertiary/aromatic N) is 3. The molecule has 1 aromatic heterocycles. The molecule has 38 heavy (non-hydrogen) atoms. The van der Waals surface area contributed by atoms with Gasteiger partial charge < -0.3 is 10.4 Å². The van der Waals surface area contributed by atoms with Gasteiger partial charge in [-0.15, -0.1) is 0 Å². The van der Waals surface area contributed by atoms with Crippen LogP contribution in [0.2, 0.25) is 0 Å². The Hall–Kier alpha value is -4.90. The highest BCUT2D eigenvalue weighted by atomic mass is 32.1. The zero-order valence-electron chi connectivity index (χ0n) is 19.8. The van der Waals surface area contributed by atoms with Crippen molar-refractivity contribution in [1.82, 2.24) is 4.57 Å². The molecule has 1 unspecified atom stereocenters. The molecule has 1 aliphatic rings. The quantitative estimate of drug-likeness (QED) is 0.301. The van der Waals surface area contributed by atoms with E-state index in [1.165, 1.54) is 47.0 Å². The van der Waals surface area contributed by atoms with Gasteiger partial charge in [-0.25, -0.2) is 9.38 Å². The van der Waals surface area contributed by atoms with Gasteiger partial charge in [0.2, 0.25) is 5.75 Å². The lowest BCUT2D eigenvalue weighted by Crippen LogP contribution is -2.40. The first-order valence-corrected chi connectivity index (χ1v) is 12.2. The number of carbonyl (C=O) groups excluding carboxylic acids is 1. The smallest absolute Gasteiger partial charge is 0.311 e. The summed E-state index contributed by atoms with van der Waals surface area (Å²) in [6.07, 6.45) is 1.34. The number of aromatic hydroxyl groups is 1. The largest absolute Gasteiger partial charge is 0.502 e. The number of aromatic nitrogens is 1. The molecule has 1 amide bonds. The molecule has 0 bridgehead atoms. The van der Waals surface area contributed by atoms with Crippen LogP contribution in [0.3, 0.4) is 0 Å². The average molecular weight is 531 g/mol. The number of nitro benzene ring substituents is 1. The molecule has 11 heteroatoms. The lowest BCUT2D eigenvalue weighted by molar-refractivity contribution is -0.385. The number of phenols is 1. The topological polar surface area (TPSA) is 127 Å². The monoisotopic (exact) mass is 530 g/mol. The maximum absolute atomic E-state index is 13.8. The number of hydrogen-bond donors (Lipinski definition) is 2. The summed E-state index contributed by atoms with van der Waals surface area (Å²) >= 11 is 1.01. The molecule has 5 rings (SSSR count). The minimum Gasteiger partial charge on any atom is -0.502 e. The van der Waals surface area contributed by atoms with Crippen molar-refractivity contribution in [1.29, 1.82) is 0 Å². The predicted molar refractivity (Wildman–Crippen MR) is 140 cm³/mol. The van der Waals surface area contributed by atoms with Crippen LogP contribution in [0, 0.1) is 15.9 Å². The second-order valence-electron chi connectivity index (χ2n) is 8.43. The molecule has 0 saturated carbocycles. The molecule has 190 valence electrons. The second-order valence-corrected chi connectivity index (χ2v) is 9.43. The Morgan fingerprint density at radius 3 is 2.53 bits per heavy atom. The van der Waals surface area contributed by atoms with Crippen LogP contribution in [-0.4, -0.2) is 20.5 Å². The maximum Gasteiger partial charge on any atom is 0.311 e. The van der Waals surface area contributed by atoms with E-state index in [4.69, 9.17) is 0 Å². The Kier molecular flexibility index (Phi) is 6.43. The highest BCUT2D eigenvalue weighted by molar-refractivity contribution is 7.07. The van der Waals surface area contributed by atoms with Crippen LogP contribution in [0.15, 0.2) is 93.9 Å². The first kappa shape index (κ1) is 24.8. The molecular formula is C27H19FN4O5S. The van der Waals surface area contributed by atoms with E-state index >= 15 is 0 Å². The standard InChI is InChI=1S/C27H19FN4O5S/c1-15-22(25(34)30-19-7-3-2-4-8-19)23(16-10-12-18(28)13-11-16)31-26(35)21(38-27(31)29-15)14-17-6-5-9-20(24(17)33)32(36)37/h2-14,23,33H,1H3,(H,30,34)/b21-14+. The molecule has 0 aliphatic carbocycles. The summed E-state index contributed by atoms with van der Waals surface area (Å²) in [5, 5.41) is 24.4. The lowest BCUT2D eigenvalue weighted by atomic mass is 9.95. The molecular weight excluding hydrogens is 511 g/mol. The summed E-state index contributed by atoms with van der Waals surface area (Å²) in [6.45, 7) is 1.65. The van der Waals surface area contributed by atoms with Crippen LogP contribution in [0.25, 0.3) is 6.08 Å². The summed E-state index contributed by atoms with van der Waals surface area (Å²) in [6, 6.07) is 17.4. The molecule has 0 spiro atoms. The highest BCUT2D eigenvalue weighted by Crippen LogP contribution is 2.32. The Labute approximate surface area is 218 Å². The van der Waals surface area contributed by atoms with Crippen molar-refractivity contribution in [2.45, 2.75) is 13.0 Å². The van der Waals surface area contributed by atoms with Crippen LogP contribution < -0.4 is 20.2 Å². The third-order valence-corrected chi connectivity index (χ3v) is 7.00. The van der Waals surface area contributed by atoms with Crippen molar-refractivity contribution in [2.75, 3.05) is 5.32 Å². The molecule has 0 radical (unpaired) electrons. The van der Waals surface area contributed by atoms with E-state index in [0.29, 0.717) is 16.9 Å². The van der Waals surface area contributed by atoms with Gasteiger partial charge in [0.1, 0.15) is 5.82 Å². The van der Waals surface area contributed by atoms with Gasteiger partial charge in [0.25, 0.3) is 11.5 Å². The van der Waals surface area contributed by atoms with E-state index in [9.17, 15) is 29.2 Å². The minimum absolute atomic E-state index is 0.0838. The fraction of sp³-hybridized carbons (Fsp3) is 0.0741. The lowest BCUT2D eigenvalue weighted by Gasteiger charge is -2.25. The number of hydrogen-bond acceptors (Lipinski definition) is 7. The van der Waals surface area contributed by atoms with E-state index in [-0.39, 0.29) is 20.5 Å². The Morgan fingerprint density at radius 2 is 1.84 bits per heavy atom. The van der Waals surface area contributed by atoms with Crippen molar-refractivity contribution in [3.05, 3.63) is 131 Å². The molecule has 1 atom stereocenters. The molecule has 2 N–H and O–H groups in total. The molecule has 2 heterocycles. The number of halogens is 1. The molecule has 1 aliphatic heterocycles. The third-order valence-electron chi connectivity index (χ3n) is 6.01. The van der Waals surface area contributed by atoms with Crippen LogP contribution >= 0.6 is 11.3 Å². The van der Waals surface area contributed by atoms with Gasteiger partial charge in [0, 0.05) is 17.3 Å². The summed E-state index contributed by atoms with van der Waals surface area (Å²) < 4.78 is 15.3. The fourth-order valence-corrected chi connectivity index (χ4v) is 5.28. The van der Waals surface area contributed by atoms with Gasteiger partial charge in [-0.2, -0.15) is 0 Å². The number of allylic oxidation sites excluding steroid dienone is 1. The predicted octanol–water partition coefficient (Wildman–Crippen LogP) is 3.63. The van der Waals surface area contributed by atoms with Crippen molar-refractivity contribution in [3.8, 4) is 5.75 Å². The van der Waals surface area contributed by atoms with E-state index in [2.05, 4.69) is 10.3 Å². The van der Waals surface area contributed by atoms with E-state index < -0.39 is 39.7 Å². The third kappa shape index (κ3) is 4.50. The number of thiazole rings is 1. The zero-order valence-corrected chi connectivity index (χ0v) is 20.6. The van der Waals surface area contributed by atoms with Gasteiger partial charge in [-0.1, -0.05) is 53.8 Å². The van der Waals surface area contributed by atoms with Gasteiger partial charge in [-0.05, 0) is 42.8 Å². The number of phenolic OH excluding ortho intramolecular Hbond substituents is 1. The normalized spacial score (nSPS) is 15.1. The van der Waals surface area contributed by atoms with Crippen LogP contribution in [0.5, 0.6) is 5.75 Å². The van der Waals surface area contributed by atoms with E-state index in [1.807, 2.05) is 6.07 Å². The van der Waals surface area contributed by atoms with Crippen molar-refractivity contribution in [2.24, 2.45) is 4.99 Å². The number of nitro groups is 1. The Balaban J connectivity index is 1.69. The zero-order chi connectivity index (χ0) is 27.0. The summed E-state index contributed by atoms with van der Waals surface area (Å²) in [4.78, 5) is 42.4. The van der Waals surface area contributed by atoms with Crippen molar-refractivity contribution < 1.29 is 19.2 Å². The summed E-state index contributed by atoms with van der Waals surface area (Å²) in [7, 11) is 0. The summed E-state index contributed by atoms with van der Waals surface area (Å²) in [5.41, 5.74) is 0.689. The first-order chi connectivity index (χ1) is 18.2. The van der Waals surface area contributed by atoms with Crippen LogP contribution in [-0.2, 0) is 4.79 Å². The number of para-hydroxylation sites is 2. The molecule has 0 fully saturated rings. The maximum atomic E-state index is 13.8. The van der Waals surface area contributed by atoms with Crippen LogP contribution in [0.1, 0.15) is 24.1 Å². The highest BCUT2D eigenvalue weighted by Gasteiger charge is 2.32. The van der Waals surface area contributed by atoms with Crippen molar-refractivity contribution in [3.63, 3.8) is 0 Å². The van der Waals surface area contributed by atoms with Gasteiger partial charge in [-0.3, -0.25) is 24.3 Å². The van der Waals surface area contributed by atoms with Crippen molar-refractivity contribution >= 4 is 34.7 Å². The fourth-order valence-electron chi connectivity index (χ4n) is 4.25. The van der Waals surface area contributed by atoms with Gasteiger partial charge >= 0.3 is 5.69 Å². The number of rotatable bonds is 5. The number of anilines is 1. The number of fused-ring (bicyclic) bond motifs is 1. The minimum atomic E-state index is -0.920. The Bertz CT molecular complexity index is 1790. The van der Waals surface area contributed by atoms with E-state index in [1.54, 1.807) is 31.2 Å². The second kappa shape index (κ2) is 9.87. The van der Waals surface area contributed by atoms with E-state index in [0.717, 1.165) is 17.4 Å². The number of carbonyl (C=O) groups is 1. The summed E-state index contributed by atoms with van der Waals surface area (Å²) in [5.74, 6) is -1.52. The first-order valence-electron chi connectivity index (χ1n) is 11.4. The number of nitrogens with one attached hydrogen (secondary N) is 1.